The van der Waals surface area contributed by atoms with Crippen molar-refractivity contribution in [2.45, 2.75) is 25.9 Å². The molecule has 15 heavy (non-hydrogen) atoms. The predicted octanol–water partition coefficient (Wildman–Crippen LogP) is 2.21. The summed E-state index contributed by atoms with van der Waals surface area (Å²) in [5.74, 6) is 6.47. The molecule has 0 saturated carbocycles. The number of rotatable bonds is 3. The molecule has 1 atom stereocenters. The summed E-state index contributed by atoms with van der Waals surface area (Å²) in [5.41, 5.74) is 0.815. The molecule has 0 spiro atoms. The Morgan fingerprint density at radius 1 is 1.40 bits per heavy atom. The Bertz CT molecular complexity index is 360. The molecule has 0 aliphatic rings. The highest BCUT2D eigenvalue weighted by Crippen LogP contribution is 2.15. The molecule has 0 bridgehead atoms. The Balaban J connectivity index is 2.78. The molecule has 0 radical (unpaired) electrons. The summed E-state index contributed by atoms with van der Waals surface area (Å²) in [6.07, 6.45) is 1.10. The molecule has 0 aromatic heterocycles. The van der Waals surface area contributed by atoms with E-state index in [4.69, 9.17) is 4.74 Å². The summed E-state index contributed by atoms with van der Waals surface area (Å²) >= 11 is 0. The first-order valence-electron chi connectivity index (χ1n) is 5.10. The molecule has 0 aliphatic carbocycles. The van der Waals surface area contributed by atoms with Crippen LogP contribution in [0.5, 0.6) is 5.75 Å². The van der Waals surface area contributed by atoms with Gasteiger partial charge in [-0.15, -0.1) is 0 Å². The van der Waals surface area contributed by atoms with Crippen molar-refractivity contribution >= 4 is 0 Å². The Kier molecular flexibility index (Phi) is 4.73. The van der Waals surface area contributed by atoms with E-state index in [0.717, 1.165) is 17.7 Å². The lowest BCUT2D eigenvalue weighted by Crippen LogP contribution is -2.01. The lowest BCUT2D eigenvalue weighted by atomic mass is 10.1. The summed E-state index contributed by atoms with van der Waals surface area (Å²) in [5, 5.41) is 9.46. The van der Waals surface area contributed by atoms with E-state index in [9.17, 15) is 5.11 Å². The molecule has 0 amide bonds. The first kappa shape index (κ1) is 11.6. The van der Waals surface area contributed by atoms with Crippen molar-refractivity contribution in [3.05, 3.63) is 29.8 Å². The van der Waals surface area contributed by atoms with Crippen LogP contribution in [0.3, 0.4) is 0 Å². The van der Waals surface area contributed by atoms with Gasteiger partial charge < -0.3 is 9.84 Å². The Morgan fingerprint density at radius 3 is 2.80 bits per heavy atom. The number of ether oxygens (including phenoxy) is 1. The monoisotopic (exact) mass is 204 g/mol. The second-order valence-corrected chi connectivity index (χ2v) is 3.27. The summed E-state index contributed by atoms with van der Waals surface area (Å²) < 4.78 is 5.15. The van der Waals surface area contributed by atoms with Gasteiger partial charge in [-0.1, -0.05) is 37.3 Å². The highest BCUT2D eigenvalue weighted by atomic mass is 16.5. The zero-order valence-corrected chi connectivity index (χ0v) is 9.16. The van der Waals surface area contributed by atoms with Gasteiger partial charge in [-0.3, -0.25) is 0 Å². The minimum Gasteiger partial charge on any atom is -0.495 e. The highest BCUT2D eigenvalue weighted by Gasteiger charge is 1.98. The number of hydrogen-bond acceptors (Lipinski definition) is 2. The number of aliphatic hydroxyl groups excluding tert-OH is 1. The zero-order chi connectivity index (χ0) is 11.1. The molecule has 0 fully saturated rings. The van der Waals surface area contributed by atoms with Gasteiger partial charge in [0.25, 0.3) is 0 Å². The number of aliphatic hydroxyl groups is 1. The van der Waals surface area contributed by atoms with Crippen LogP contribution < -0.4 is 4.74 Å². The SMILES string of the molecule is CCC[C@H](O)C#Cc1ccccc1OC. The number of methoxy groups -OCH3 is 1. The third-order valence-electron chi connectivity index (χ3n) is 2.04. The van der Waals surface area contributed by atoms with Gasteiger partial charge in [0.2, 0.25) is 0 Å². The maximum atomic E-state index is 9.46. The fourth-order valence-corrected chi connectivity index (χ4v) is 1.25. The van der Waals surface area contributed by atoms with E-state index in [1.807, 2.05) is 31.2 Å². The molecule has 2 heteroatoms. The van der Waals surface area contributed by atoms with Crippen LogP contribution >= 0.6 is 0 Å². The normalized spacial score (nSPS) is 11.4. The lowest BCUT2D eigenvalue weighted by Gasteiger charge is -2.02. The fraction of sp³-hybridized carbons (Fsp3) is 0.385. The van der Waals surface area contributed by atoms with E-state index in [1.54, 1.807) is 7.11 Å². The van der Waals surface area contributed by atoms with Crippen LogP contribution in [0.1, 0.15) is 25.3 Å². The maximum absolute atomic E-state index is 9.46. The van der Waals surface area contributed by atoms with E-state index < -0.39 is 6.10 Å². The molecule has 1 aromatic rings. The van der Waals surface area contributed by atoms with Gasteiger partial charge in [-0.25, -0.2) is 0 Å². The van der Waals surface area contributed by atoms with Crippen molar-refractivity contribution in [3.63, 3.8) is 0 Å². The second-order valence-electron chi connectivity index (χ2n) is 3.27. The highest BCUT2D eigenvalue weighted by molar-refractivity contribution is 5.46. The van der Waals surface area contributed by atoms with Gasteiger partial charge in [-0.2, -0.15) is 0 Å². The molecule has 0 saturated heterocycles. The summed E-state index contributed by atoms with van der Waals surface area (Å²) in [7, 11) is 1.61. The van der Waals surface area contributed by atoms with Crippen molar-refractivity contribution in [2.75, 3.05) is 7.11 Å². The maximum Gasteiger partial charge on any atom is 0.134 e. The summed E-state index contributed by atoms with van der Waals surface area (Å²) in [6.45, 7) is 2.02. The summed E-state index contributed by atoms with van der Waals surface area (Å²) in [6, 6.07) is 7.53. The Hall–Kier alpha value is -1.46. The molecular formula is C13H16O2. The molecule has 1 N–H and O–H groups in total. The van der Waals surface area contributed by atoms with E-state index in [1.165, 1.54) is 0 Å². The first-order valence-corrected chi connectivity index (χ1v) is 5.10. The van der Waals surface area contributed by atoms with Crippen LogP contribution in [-0.4, -0.2) is 18.3 Å². The van der Waals surface area contributed by atoms with Gasteiger partial charge in [0, 0.05) is 0 Å². The Morgan fingerprint density at radius 2 is 2.13 bits per heavy atom. The largest absolute Gasteiger partial charge is 0.495 e. The average Bonchev–Trinajstić information content (AvgIpc) is 2.27. The standard InChI is InChI=1S/C13H16O2/c1-3-6-12(14)10-9-11-7-4-5-8-13(11)15-2/h4-5,7-8,12,14H,3,6H2,1-2H3/t12-/m0/s1. The van der Waals surface area contributed by atoms with E-state index >= 15 is 0 Å². The topological polar surface area (TPSA) is 29.5 Å². The quantitative estimate of drug-likeness (QED) is 0.765. The lowest BCUT2D eigenvalue weighted by molar-refractivity contribution is 0.221. The van der Waals surface area contributed by atoms with Crippen molar-refractivity contribution in [2.24, 2.45) is 0 Å². The zero-order valence-electron chi connectivity index (χ0n) is 9.16. The van der Waals surface area contributed by atoms with Crippen molar-refractivity contribution in [3.8, 4) is 17.6 Å². The van der Waals surface area contributed by atoms with Crippen LogP contribution in [0.25, 0.3) is 0 Å². The minimum atomic E-state index is -0.542. The fourth-order valence-electron chi connectivity index (χ4n) is 1.25. The first-order chi connectivity index (χ1) is 7.27. The summed E-state index contributed by atoms with van der Waals surface area (Å²) in [4.78, 5) is 0. The average molecular weight is 204 g/mol. The molecule has 2 nitrogen and oxygen atoms in total. The van der Waals surface area contributed by atoms with Crippen molar-refractivity contribution < 1.29 is 9.84 Å². The number of hydrogen-bond donors (Lipinski definition) is 1. The third kappa shape index (κ3) is 3.65. The van der Waals surface area contributed by atoms with Crippen LogP contribution in [0.15, 0.2) is 24.3 Å². The van der Waals surface area contributed by atoms with Crippen molar-refractivity contribution in [1.29, 1.82) is 0 Å². The second kappa shape index (κ2) is 6.10. The molecule has 0 heterocycles. The molecule has 1 aromatic carbocycles. The number of para-hydroxylation sites is 1. The molecule has 80 valence electrons. The van der Waals surface area contributed by atoms with Gasteiger partial charge in [0.15, 0.2) is 0 Å². The molecule has 1 rings (SSSR count). The van der Waals surface area contributed by atoms with E-state index in [2.05, 4.69) is 11.8 Å². The third-order valence-corrected chi connectivity index (χ3v) is 2.04. The molecular weight excluding hydrogens is 188 g/mol. The van der Waals surface area contributed by atoms with Crippen LogP contribution in [0.2, 0.25) is 0 Å². The smallest absolute Gasteiger partial charge is 0.134 e. The van der Waals surface area contributed by atoms with Crippen LogP contribution in [0, 0.1) is 11.8 Å². The van der Waals surface area contributed by atoms with Crippen molar-refractivity contribution in [1.82, 2.24) is 0 Å². The Labute approximate surface area is 90.9 Å². The van der Waals surface area contributed by atoms with Gasteiger partial charge in [0.1, 0.15) is 11.9 Å². The van der Waals surface area contributed by atoms with E-state index in [-0.39, 0.29) is 0 Å². The van der Waals surface area contributed by atoms with Gasteiger partial charge >= 0.3 is 0 Å². The van der Waals surface area contributed by atoms with Crippen LogP contribution in [0.4, 0.5) is 0 Å². The van der Waals surface area contributed by atoms with Crippen LogP contribution in [-0.2, 0) is 0 Å². The van der Waals surface area contributed by atoms with Gasteiger partial charge in [0.05, 0.1) is 12.7 Å². The predicted molar refractivity (Wildman–Crippen MR) is 60.8 cm³/mol. The van der Waals surface area contributed by atoms with Gasteiger partial charge in [-0.05, 0) is 18.6 Å². The minimum absolute atomic E-state index is 0.542. The van der Waals surface area contributed by atoms with E-state index in [0.29, 0.717) is 6.42 Å². The molecule has 0 aliphatic heterocycles. The number of benzene rings is 1. The molecule has 0 unspecified atom stereocenters.